The molecule has 2 rings (SSSR count). The van der Waals surface area contributed by atoms with Gasteiger partial charge in [-0.3, -0.25) is 0 Å². The topological polar surface area (TPSA) is 57.7 Å². The van der Waals surface area contributed by atoms with Gasteiger partial charge in [0.05, 0.1) is 5.02 Å². The molecule has 1 heterocycles. The summed E-state index contributed by atoms with van der Waals surface area (Å²) in [6.07, 6.45) is 6.36. The second-order valence-corrected chi connectivity index (χ2v) is 5.74. The van der Waals surface area contributed by atoms with Crippen molar-refractivity contribution in [3.63, 3.8) is 0 Å². The van der Waals surface area contributed by atoms with Crippen molar-refractivity contribution in [1.82, 2.24) is 4.98 Å². The number of hydrogen-bond donors (Lipinski definition) is 0. The van der Waals surface area contributed by atoms with Gasteiger partial charge < -0.3 is 14.2 Å². The van der Waals surface area contributed by atoms with E-state index in [0.717, 1.165) is 6.07 Å². The number of hydrogen-bond acceptors (Lipinski definition) is 5. The van der Waals surface area contributed by atoms with Crippen LogP contribution in [-0.4, -0.2) is 23.2 Å². The lowest BCUT2D eigenvalue weighted by Crippen LogP contribution is -2.41. The van der Waals surface area contributed by atoms with E-state index in [0.29, 0.717) is 11.5 Å². The number of esters is 1. The second kappa shape index (κ2) is 8.93. The van der Waals surface area contributed by atoms with Gasteiger partial charge in [0.15, 0.2) is 12.4 Å². The Hall–Kier alpha value is -3.22. The van der Waals surface area contributed by atoms with E-state index < -0.39 is 17.4 Å². The zero-order valence-corrected chi connectivity index (χ0v) is 15.3. The molecule has 0 aliphatic carbocycles. The fraction of sp³-hybridized carbons (Fsp3) is 0.200. The SMILES string of the molecule is C#CCOC(=O)[C@@](C)(C#CC)Oc1ccc(Oc2ncc(Cl)cc2F)cc1. The molecule has 0 aliphatic rings. The third-order valence-electron chi connectivity index (χ3n) is 3.17. The number of rotatable bonds is 6. The molecular weight excluding hydrogens is 373 g/mol. The van der Waals surface area contributed by atoms with Gasteiger partial charge in [0, 0.05) is 6.20 Å². The highest BCUT2D eigenvalue weighted by molar-refractivity contribution is 6.30. The molecule has 2 aromatic rings. The maximum absolute atomic E-state index is 13.7. The van der Waals surface area contributed by atoms with E-state index in [1.54, 1.807) is 6.92 Å². The van der Waals surface area contributed by atoms with Crippen LogP contribution in [0, 0.1) is 30.0 Å². The van der Waals surface area contributed by atoms with E-state index in [4.69, 9.17) is 32.2 Å². The Morgan fingerprint density at radius 2 is 2.00 bits per heavy atom. The Morgan fingerprint density at radius 1 is 1.33 bits per heavy atom. The van der Waals surface area contributed by atoms with Crippen molar-refractivity contribution >= 4 is 17.6 Å². The number of benzene rings is 1. The molecule has 5 nitrogen and oxygen atoms in total. The van der Waals surface area contributed by atoms with Crippen LogP contribution >= 0.6 is 11.6 Å². The summed E-state index contributed by atoms with van der Waals surface area (Å²) < 4.78 is 29.7. The molecule has 1 aromatic carbocycles. The largest absolute Gasteiger partial charge is 0.463 e. The molecule has 0 radical (unpaired) electrons. The lowest BCUT2D eigenvalue weighted by Gasteiger charge is -2.23. The van der Waals surface area contributed by atoms with Crippen molar-refractivity contribution in [1.29, 1.82) is 0 Å². The summed E-state index contributed by atoms with van der Waals surface area (Å²) in [7, 11) is 0. The molecule has 0 spiro atoms. The average Bonchev–Trinajstić information content (AvgIpc) is 2.63. The number of halogens is 2. The number of ether oxygens (including phenoxy) is 3. The summed E-state index contributed by atoms with van der Waals surface area (Å²) in [6.45, 7) is 2.86. The van der Waals surface area contributed by atoms with E-state index in [9.17, 15) is 9.18 Å². The van der Waals surface area contributed by atoms with Crippen molar-refractivity contribution in [3.05, 3.63) is 47.4 Å². The molecule has 0 unspecified atom stereocenters. The number of pyridine rings is 1. The van der Waals surface area contributed by atoms with Crippen molar-refractivity contribution in [2.75, 3.05) is 6.61 Å². The second-order valence-electron chi connectivity index (χ2n) is 5.30. The first-order valence-corrected chi connectivity index (χ1v) is 8.08. The van der Waals surface area contributed by atoms with Crippen molar-refractivity contribution in [2.45, 2.75) is 19.4 Å². The Morgan fingerprint density at radius 3 is 2.59 bits per heavy atom. The summed E-state index contributed by atoms with van der Waals surface area (Å²) in [6, 6.07) is 7.22. The number of carbonyl (C=O) groups is 1. The minimum atomic E-state index is -1.53. The summed E-state index contributed by atoms with van der Waals surface area (Å²) in [5, 5.41) is 0.164. The molecule has 1 aromatic heterocycles. The Labute approximate surface area is 161 Å². The molecule has 0 amide bonds. The first-order valence-electron chi connectivity index (χ1n) is 7.70. The molecular formula is C20H15ClFNO4. The van der Waals surface area contributed by atoms with Gasteiger partial charge in [-0.05, 0) is 50.1 Å². The lowest BCUT2D eigenvalue weighted by molar-refractivity contribution is -0.154. The summed E-state index contributed by atoms with van der Waals surface area (Å²) in [5.74, 6) is 6.53. The van der Waals surface area contributed by atoms with Crippen molar-refractivity contribution < 1.29 is 23.4 Å². The van der Waals surface area contributed by atoms with Gasteiger partial charge in [0.25, 0.3) is 11.5 Å². The van der Waals surface area contributed by atoms with Crippen molar-refractivity contribution in [2.24, 2.45) is 0 Å². The number of carbonyl (C=O) groups excluding carboxylic acids is 1. The Bertz CT molecular complexity index is 928. The lowest BCUT2D eigenvalue weighted by atomic mass is 10.1. The number of terminal acetylenes is 1. The van der Waals surface area contributed by atoms with Crippen LogP contribution < -0.4 is 9.47 Å². The monoisotopic (exact) mass is 387 g/mol. The van der Waals surface area contributed by atoms with E-state index in [1.807, 2.05) is 0 Å². The summed E-state index contributed by atoms with van der Waals surface area (Å²) >= 11 is 5.65. The van der Waals surface area contributed by atoms with Crippen LogP contribution in [-0.2, 0) is 9.53 Å². The van der Waals surface area contributed by atoms with Crippen LogP contribution in [0.4, 0.5) is 4.39 Å². The van der Waals surface area contributed by atoms with Crippen LogP contribution in [0.2, 0.25) is 5.02 Å². The first kappa shape index (κ1) is 20.1. The Balaban J connectivity index is 2.14. The quantitative estimate of drug-likeness (QED) is 0.554. The molecule has 7 heteroatoms. The highest BCUT2D eigenvalue weighted by atomic mass is 35.5. The van der Waals surface area contributed by atoms with Crippen LogP contribution in [0.3, 0.4) is 0 Å². The predicted octanol–water partition coefficient (Wildman–Crippen LogP) is 4.00. The minimum absolute atomic E-state index is 0.164. The highest BCUT2D eigenvalue weighted by Gasteiger charge is 2.35. The highest BCUT2D eigenvalue weighted by Crippen LogP contribution is 2.27. The maximum atomic E-state index is 13.7. The zero-order chi connectivity index (χ0) is 19.9. The molecule has 0 saturated carbocycles. The van der Waals surface area contributed by atoms with Gasteiger partial charge >= 0.3 is 5.97 Å². The number of aromatic nitrogens is 1. The molecule has 0 fully saturated rings. The van der Waals surface area contributed by atoms with Gasteiger partial charge in [-0.25, -0.2) is 14.2 Å². The summed E-state index contributed by atoms with van der Waals surface area (Å²) in [4.78, 5) is 15.9. The first-order chi connectivity index (χ1) is 12.9. The van der Waals surface area contributed by atoms with Gasteiger partial charge in [-0.2, -0.15) is 0 Å². The zero-order valence-electron chi connectivity index (χ0n) is 14.6. The van der Waals surface area contributed by atoms with Gasteiger partial charge in [-0.15, -0.1) is 12.3 Å². The van der Waals surface area contributed by atoms with Crippen LogP contribution in [0.15, 0.2) is 36.5 Å². The smallest absolute Gasteiger partial charge is 0.364 e. The number of nitrogens with zero attached hydrogens (tertiary/aromatic N) is 1. The normalized spacial score (nSPS) is 12.0. The predicted molar refractivity (Wildman–Crippen MR) is 98.0 cm³/mol. The fourth-order valence-corrected chi connectivity index (χ4v) is 2.15. The maximum Gasteiger partial charge on any atom is 0.364 e. The third-order valence-corrected chi connectivity index (χ3v) is 3.38. The van der Waals surface area contributed by atoms with Gasteiger partial charge in [-0.1, -0.05) is 17.5 Å². The standard InChI is InChI=1S/C20H15ClFNO4/c1-4-10-20(3,19(24)25-11-5-2)27-16-8-6-15(7-9-16)26-18-17(22)12-14(21)13-23-18/h2,6-9,12-13H,11H2,1,3H3/t20-/m1/s1. The third kappa shape index (κ3) is 5.37. The average molecular weight is 388 g/mol. The summed E-state index contributed by atoms with van der Waals surface area (Å²) in [5.41, 5.74) is -1.53. The van der Waals surface area contributed by atoms with E-state index in [1.165, 1.54) is 37.4 Å². The van der Waals surface area contributed by atoms with Crippen LogP contribution in [0.1, 0.15) is 13.8 Å². The minimum Gasteiger partial charge on any atom is -0.463 e. The molecule has 0 aliphatic heterocycles. The molecule has 0 bridgehead atoms. The molecule has 0 N–H and O–H groups in total. The van der Waals surface area contributed by atoms with Crippen molar-refractivity contribution in [3.8, 4) is 41.6 Å². The Kier molecular flexibility index (Phi) is 6.65. The van der Waals surface area contributed by atoms with Crippen LogP contribution in [0.5, 0.6) is 17.4 Å². The van der Waals surface area contributed by atoms with E-state index >= 15 is 0 Å². The fourth-order valence-electron chi connectivity index (χ4n) is 2.00. The van der Waals surface area contributed by atoms with E-state index in [2.05, 4.69) is 22.7 Å². The molecule has 0 saturated heterocycles. The molecule has 1 atom stereocenters. The van der Waals surface area contributed by atoms with Crippen LogP contribution in [0.25, 0.3) is 0 Å². The molecule has 138 valence electrons. The molecule has 27 heavy (non-hydrogen) atoms. The van der Waals surface area contributed by atoms with Gasteiger partial charge in [0.1, 0.15) is 11.5 Å². The van der Waals surface area contributed by atoms with E-state index in [-0.39, 0.29) is 17.5 Å². The van der Waals surface area contributed by atoms with Gasteiger partial charge in [0.2, 0.25) is 0 Å².